The van der Waals surface area contributed by atoms with Crippen molar-refractivity contribution < 1.29 is 9.59 Å². The topological polar surface area (TPSA) is 85.1 Å². The molecule has 5 heteroatoms. The van der Waals surface area contributed by atoms with Gasteiger partial charge in [0.25, 0.3) is 0 Å². The average Bonchev–Trinajstić information content (AvgIpc) is 3.16. The van der Waals surface area contributed by atoms with Crippen LogP contribution in [0.4, 0.5) is 5.82 Å². The number of ketones is 1. The van der Waals surface area contributed by atoms with Gasteiger partial charge in [-0.15, -0.1) is 0 Å². The molecule has 5 nitrogen and oxygen atoms in total. The average molecular weight is 394 g/mol. The van der Waals surface area contributed by atoms with Gasteiger partial charge in [0.15, 0.2) is 5.78 Å². The van der Waals surface area contributed by atoms with Crippen molar-refractivity contribution >= 4 is 17.5 Å². The number of anilines is 1. The lowest BCUT2D eigenvalue weighted by Crippen LogP contribution is -2.41. The monoisotopic (exact) mass is 393 g/mol. The molecule has 0 spiro atoms. The first-order chi connectivity index (χ1) is 13.9. The van der Waals surface area contributed by atoms with Crippen LogP contribution in [-0.2, 0) is 22.4 Å². The molecule has 1 heterocycles. The summed E-state index contributed by atoms with van der Waals surface area (Å²) in [5.74, 6) is 1.11. The van der Waals surface area contributed by atoms with Gasteiger partial charge in [0.05, 0.1) is 6.04 Å². The molecule has 1 saturated carbocycles. The van der Waals surface area contributed by atoms with E-state index in [1.54, 1.807) is 13.0 Å². The van der Waals surface area contributed by atoms with Crippen molar-refractivity contribution in [2.24, 2.45) is 11.8 Å². The van der Waals surface area contributed by atoms with E-state index in [9.17, 15) is 9.59 Å². The van der Waals surface area contributed by atoms with E-state index in [2.05, 4.69) is 34.6 Å². The Labute approximate surface area is 173 Å². The summed E-state index contributed by atoms with van der Waals surface area (Å²) in [6.07, 6.45) is 4.89. The van der Waals surface area contributed by atoms with Crippen LogP contribution in [0, 0.1) is 18.8 Å². The number of benzene rings is 1. The molecular formula is C24H31N3O2. The Morgan fingerprint density at radius 1 is 1.17 bits per heavy atom. The lowest BCUT2D eigenvalue weighted by Gasteiger charge is -2.17. The highest BCUT2D eigenvalue weighted by atomic mass is 16.2. The molecular weight excluding hydrogens is 362 g/mol. The molecule has 0 bridgehead atoms. The summed E-state index contributed by atoms with van der Waals surface area (Å²) in [6, 6.07) is 13.6. The Morgan fingerprint density at radius 2 is 1.93 bits per heavy atom. The van der Waals surface area contributed by atoms with Crippen molar-refractivity contribution in [2.75, 3.05) is 5.73 Å². The van der Waals surface area contributed by atoms with Gasteiger partial charge in [-0.3, -0.25) is 9.59 Å². The zero-order valence-electron chi connectivity index (χ0n) is 17.4. The smallest absolute Gasteiger partial charge is 0.223 e. The Hall–Kier alpha value is -2.69. The quantitative estimate of drug-likeness (QED) is 0.717. The van der Waals surface area contributed by atoms with Crippen LogP contribution in [0.15, 0.2) is 42.5 Å². The predicted octanol–water partition coefficient (Wildman–Crippen LogP) is 3.64. The SMILES string of the molecule is Cc1nc(N)ccc1CCC(=O)[C@H](C)NC(=O)[C@@H]1CC[C@H](Cc2ccccc2)C1. The van der Waals surface area contributed by atoms with Crippen LogP contribution in [0.3, 0.4) is 0 Å². The Morgan fingerprint density at radius 3 is 2.66 bits per heavy atom. The maximum Gasteiger partial charge on any atom is 0.223 e. The molecule has 1 aliphatic rings. The molecule has 0 aliphatic heterocycles. The maximum atomic E-state index is 12.6. The van der Waals surface area contributed by atoms with Gasteiger partial charge in [-0.2, -0.15) is 0 Å². The number of aryl methyl sites for hydroxylation is 2. The van der Waals surface area contributed by atoms with Gasteiger partial charge in [-0.1, -0.05) is 36.4 Å². The van der Waals surface area contributed by atoms with Crippen molar-refractivity contribution in [1.29, 1.82) is 0 Å². The highest BCUT2D eigenvalue weighted by Gasteiger charge is 2.31. The number of hydrogen-bond acceptors (Lipinski definition) is 4. The van der Waals surface area contributed by atoms with Gasteiger partial charge in [0, 0.05) is 18.0 Å². The molecule has 0 radical (unpaired) electrons. The number of nitrogens with zero attached hydrogens (tertiary/aromatic N) is 1. The van der Waals surface area contributed by atoms with E-state index in [1.165, 1.54) is 5.56 Å². The van der Waals surface area contributed by atoms with E-state index in [-0.39, 0.29) is 17.6 Å². The number of nitrogen functional groups attached to an aromatic ring is 1. The lowest BCUT2D eigenvalue weighted by molar-refractivity contribution is -0.129. The third kappa shape index (κ3) is 5.89. The van der Waals surface area contributed by atoms with Gasteiger partial charge >= 0.3 is 0 Å². The van der Waals surface area contributed by atoms with Crippen LogP contribution in [-0.4, -0.2) is 22.7 Å². The first-order valence-corrected chi connectivity index (χ1v) is 10.5. The first kappa shape index (κ1) is 21.0. The van der Waals surface area contributed by atoms with Crippen LogP contribution in [0.1, 0.15) is 49.4 Å². The van der Waals surface area contributed by atoms with E-state index < -0.39 is 6.04 Å². The summed E-state index contributed by atoms with van der Waals surface area (Å²) < 4.78 is 0. The minimum absolute atomic E-state index is 0.0162. The molecule has 154 valence electrons. The van der Waals surface area contributed by atoms with Crippen molar-refractivity contribution in [2.45, 2.75) is 58.4 Å². The summed E-state index contributed by atoms with van der Waals surface area (Å²) in [7, 11) is 0. The lowest BCUT2D eigenvalue weighted by atomic mass is 9.96. The first-order valence-electron chi connectivity index (χ1n) is 10.5. The fourth-order valence-electron chi connectivity index (χ4n) is 4.21. The highest BCUT2D eigenvalue weighted by Crippen LogP contribution is 2.33. The minimum Gasteiger partial charge on any atom is -0.384 e. The standard InChI is InChI=1S/C24H31N3O2/c1-16-20(11-13-23(25)26-16)10-12-22(28)17(2)27-24(29)21-9-8-19(15-21)14-18-6-4-3-5-7-18/h3-7,11,13,17,19,21H,8-10,12,14-15H2,1-2H3,(H2,25,26)(H,27,29)/t17-,19+,21+/m0/s1. The molecule has 1 amide bonds. The van der Waals surface area contributed by atoms with Crippen LogP contribution in [0.25, 0.3) is 0 Å². The number of carbonyl (C=O) groups is 2. The highest BCUT2D eigenvalue weighted by molar-refractivity contribution is 5.89. The fourth-order valence-corrected chi connectivity index (χ4v) is 4.21. The summed E-state index contributed by atoms with van der Waals surface area (Å²) in [5.41, 5.74) is 8.87. The zero-order chi connectivity index (χ0) is 20.8. The van der Waals surface area contributed by atoms with Crippen LogP contribution < -0.4 is 11.1 Å². The van der Waals surface area contributed by atoms with Crippen LogP contribution >= 0.6 is 0 Å². The van der Waals surface area contributed by atoms with Crippen molar-refractivity contribution in [3.05, 3.63) is 59.3 Å². The molecule has 0 unspecified atom stereocenters. The number of pyridine rings is 1. The van der Waals surface area contributed by atoms with E-state index in [0.29, 0.717) is 24.6 Å². The largest absolute Gasteiger partial charge is 0.384 e. The van der Waals surface area contributed by atoms with Gasteiger partial charge in [-0.05, 0) is 69.1 Å². The number of Topliss-reactive ketones (excluding diaryl/α,β-unsaturated/α-hetero) is 1. The number of amides is 1. The Kier molecular flexibility index (Phi) is 7.02. The number of nitrogens with two attached hydrogens (primary N) is 1. The van der Waals surface area contributed by atoms with Gasteiger partial charge < -0.3 is 11.1 Å². The van der Waals surface area contributed by atoms with Crippen molar-refractivity contribution in [3.8, 4) is 0 Å². The normalized spacial score (nSPS) is 19.7. The Balaban J connectivity index is 1.44. The second kappa shape index (κ2) is 9.68. The van der Waals surface area contributed by atoms with Gasteiger partial charge in [-0.25, -0.2) is 4.98 Å². The third-order valence-corrected chi connectivity index (χ3v) is 5.98. The molecule has 1 aromatic heterocycles. The summed E-state index contributed by atoms with van der Waals surface area (Å²) >= 11 is 0. The number of nitrogens with one attached hydrogen (secondary N) is 1. The number of rotatable bonds is 8. The predicted molar refractivity (Wildman–Crippen MR) is 115 cm³/mol. The molecule has 3 atom stereocenters. The molecule has 29 heavy (non-hydrogen) atoms. The van der Waals surface area contributed by atoms with Gasteiger partial charge in [0.2, 0.25) is 5.91 Å². The second-order valence-corrected chi connectivity index (χ2v) is 8.24. The Bertz CT molecular complexity index is 850. The van der Waals surface area contributed by atoms with E-state index >= 15 is 0 Å². The van der Waals surface area contributed by atoms with E-state index in [1.807, 2.05) is 19.1 Å². The molecule has 1 aromatic carbocycles. The van der Waals surface area contributed by atoms with E-state index in [4.69, 9.17) is 5.73 Å². The summed E-state index contributed by atoms with van der Waals surface area (Å²) in [4.78, 5) is 29.4. The minimum atomic E-state index is -0.460. The second-order valence-electron chi connectivity index (χ2n) is 8.24. The maximum absolute atomic E-state index is 12.6. The zero-order valence-corrected chi connectivity index (χ0v) is 17.4. The van der Waals surface area contributed by atoms with E-state index in [0.717, 1.165) is 36.9 Å². The van der Waals surface area contributed by atoms with Gasteiger partial charge in [0.1, 0.15) is 5.82 Å². The third-order valence-electron chi connectivity index (χ3n) is 5.98. The van der Waals surface area contributed by atoms with Crippen molar-refractivity contribution in [3.63, 3.8) is 0 Å². The molecule has 0 saturated heterocycles. The van der Waals surface area contributed by atoms with Crippen LogP contribution in [0.5, 0.6) is 0 Å². The van der Waals surface area contributed by atoms with Crippen LogP contribution in [0.2, 0.25) is 0 Å². The number of carbonyl (C=O) groups excluding carboxylic acids is 2. The molecule has 1 aliphatic carbocycles. The number of hydrogen-bond donors (Lipinski definition) is 2. The molecule has 3 rings (SSSR count). The summed E-state index contributed by atoms with van der Waals surface area (Å²) in [6.45, 7) is 3.68. The number of aromatic nitrogens is 1. The molecule has 1 fully saturated rings. The van der Waals surface area contributed by atoms with Crippen molar-refractivity contribution in [1.82, 2.24) is 10.3 Å². The fraction of sp³-hybridized carbons (Fsp3) is 0.458. The molecule has 2 aromatic rings. The summed E-state index contributed by atoms with van der Waals surface area (Å²) in [5, 5.41) is 2.94. The molecule has 3 N–H and O–H groups in total.